The Kier molecular flexibility index (Phi) is 4.26. The SMILES string of the molecule is Cc1cc(C)c(-c2csc(NC(=O)c3ccccc3)n2)cc1C. The third kappa shape index (κ3) is 3.32. The molecule has 0 aliphatic carbocycles. The van der Waals surface area contributed by atoms with E-state index in [1.165, 1.54) is 28.0 Å². The number of nitrogens with zero attached hydrogens (tertiary/aromatic N) is 1. The van der Waals surface area contributed by atoms with Crippen molar-refractivity contribution in [1.29, 1.82) is 0 Å². The number of rotatable bonds is 3. The van der Waals surface area contributed by atoms with Crippen LogP contribution < -0.4 is 5.32 Å². The molecule has 3 rings (SSSR count). The van der Waals surface area contributed by atoms with Crippen LogP contribution in [0.15, 0.2) is 47.8 Å². The number of hydrogen-bond acceptors (Lipinski definition) is 3. The number of nitrogens with one attached hydrogen (secondary N) is 1. The van der Waals surface area contributed by atoms with Gasteiger partial charge in [0.15, 0.2) is 5.13 Å². The van der Waals surface area contributed by atoms with Gasteiger partial charge >= 0.3 is 0 Å². The maximum absolute atomic E-state index is 12.2. The second kappa shape index (κ2) is 6.34. The fourth-order valence-corrected chi connectivity index (χ4v) is 3.16. The standard InChI is InChI=1S/C19H18N2OS/c1-12-9-14(3)16(10-13(12)2)17-11-23-19(20-17)21-18(22)15-7-5-4-6-8-15/h4-11H,1-3H3,(H,20,21,22). The zero-order valence-corrected chi connectivity index (χ0v) is 14.2. The molecule has 1 amide bonds. The van der Waals surface area contributed by atoms with Crippen LogP contribution in [0.2, 0.25) is 0 Å². The third-order valence-electron chi connectivity index (χ3n) is 3.88. The Morgan fingerprint density at radius 2 is 1.70 bits per heavy atom. The molecule has 23 heavy (non-hydrogen) atoms. The van der Waals surface area contributed by atoms with Crippen LogP contribution in [0.1, 0.15) is 27.0 Å². The van der Waals surface area contributed by atoms with Gasteiger partial charge in [0.25, 0.3) is 5.91 Å². The van der Waals surface area contributed by atoms with E-state index in [-0.39, 0.29) is 5.91 Å². The van der Waals surface area contributed by atoms with E-state index in [0.717, 1.165) is 11.3 Å². The summed E-state index contributed by atoms with van der Waals surface area (Å²) >= 11 is 1.44. The Labute approximate surface area is 140 Å². The first-order valence-electron chi connectivity index (χ1n) is 7.45. The summed E-state index contributed by atoms with van der Waals surface area (Å²) in [6.07, 6.45) is 0. The van der Waals surface area contributed by atoms with Crippen molar-refractivity contribution in [2.45, 2.75) is 20.8 Å². The first kappa shape index (κ1) is 15.4. The fraction of sp³-hybridized carbons (Fsp3) is 0.158. The molecule has 0 saturated heterocycles. The molecular weight excluding hydrogens is 304 g/mol. The van der Waals surface area contributed by atoms with Gasteiger partial charge in [-0.15, -0.1) is 11.3 Å². The number of hydrogen-bond donors (Lipinski definition) is 1. The Hall–Kier alpha value is -2.46. The molecule has 2 aromatic carbocycles. The van der Waals surface area contributed by atoms with Gasteiger partial charge in [-0.2, -0.15) is 0 Å². The lowest BCUT2D eigenvalue weighted by atomic mass is 9.99. The van der Waals surface area contributed by atoms with E-state index in [1.54, 1.807) is 12.1 Å². The van der Waals surface area contributed by atoms with Crippen LogP contribution in [-0.4, -0.2) is 10.9 Å². The molecule has 1 N–H and O–H groups in total. The summed E-state index contributed by atoms with van der Waals surface area (Å²) in [7, 11) is 0. The minimum Gasteiger partial charge on any atom is -0.298 e. The van der Waals surface area contributed by atoms with Gasteiger partial charge in [-0.25, -0.2) is 4.98 Å². The maximum Gasteiger partial charge on any atom is 0.257 e. The van der Waals surface area contributed by atoms with Crippen molar-refractivity contribution in [2.75, 3.05) is 5.32 Å². The maximum atomic E-state index is 12.2. The van der Waals surface area contributed by atoms with Gasteiger partial charge in [0.1, 0.15) is 0 Å². The lowest BCUT2D eigenvalue weighted by Gasteiger charge is -2.07. The minimum absolute atomic E-state index is 0.136. The zero-order chi connectivity index (χ0) is 16.4. The Morgan fingerprint density at radius 3 is 2.43 bits per heavy atom. The van der Waals surface area contributed by atoms with Crippen LogP contribution >= 0.6 is 11.3 Å². The lowest BCUT2D eigenvalue weighted by molar-refractivity contribution is 0.102. The number of benzene rings is 2. The van der Waals surface area contributed by atoms with E-state index in [4.69, 9.17) is 0 Å². The van der Waals surface area contributed by atoms with Crippen molar-refractivity contribution in [3.8, 4) is 11.3 Å². The molecule has 0 atom stereocenters. The molecule has 0 unspecified atom stereocenters. The molecule has 1 aromatic heterocycles. The monoisotopic (exact) mass is 322 g/mol. The van der Waals surface area contributed by atoms with Crippen LogP contribution in [0.3, 0.4) is 0 Å². The summed E-state index contributed by atoms with van der Waals surface area (Å²) in [4.78, 5) is 16.7. The summed E-state index contributed by atoms with van der Waals surface area (Å²) in [5, 5.41) is 5.46. The van der Waals surface area contributed by atoms with Gasteiger partial charge in [-0.1, -0.05) is 24.3 Å². The Bertz CT molecular complexity index is 853. The molecule has 3 aromatic rings. The predicted octanol–water partition coefficient (Wildman–Crippen LogP) is 4.99. The lowest BCUT2D eigenvalue weighted by Crippen LogP contribution is -2.11. The number of aryl methyl sites for hydroxylation is 3. The molecule has 0 bridgehead atoms. The first-order chi connectivity index (χ1) is 11.0. The minimum atomic E-state index is -0.136. The van der Waals surface area contributed by atoms with E-state index >= 15 is 0 Å². The summed E-state index contributed by atoms with van der Waals surface area (Å²) in [5.41, 5.74) is 6.36. The van der Waals surface area contributed by atoms with Crippen molar-refractivity contribution in [3.05, 3.63) is 70.1 Å². The largest absolute Gasteiger partial charge is 0.298 e. The number of carbonyl (C=O) groups is 1. The van der Waals surface area contributed by atoms with Crippen molar-refractivity contribution in [3.63, 3.8) is 0 Å². The average Bonchev–Trinajstić information content (AvgIpc) is 3.00. The predicted molar refractivity (Wildman–Crippen MR) is 96.2 cm³/mol. The highest BCUT2D eigenvalue weighted by atomic mass is 32.1. The molecule has 3 nitrogen and oxygen atoms in total. The fourth-order valence-electron chi connectivity index (χ4n) is 2.45. The van der Waals surface area contributed by atoms with E-state index in [9.17, 15) is 4.79 Å². The van der Waals surface area contributed by atoms with Crippen LogP contribution in [0, 0.1) is 20.8 Å². The van der Waals surface area contributed by atoms with E-state index in [0.29, 0.717) is 10.7 Å². The number of carbonyl (C=O) groups excluding carboxylic acids is 1. The van der Waals surface area contributed by atoms with E-state index in [2.05, 4.69) is 43.2 Å². The molecule has 0 saturated carbocycles. The van der Waals surface area contributed by atoms with Crippen molar-refractivity contribution in [2.24, 2.45) is 0 Å². The van der Waals surface area contributed by atoms with Crippen LogP contribution in [-0.2, 0) is 0 Å². The quantitative estimate of drug-likeness (QED) is 0.738. The molecule has 1 heterocycles. The molecular formula is C19H18N2OS. The third-order valence-corrected chi connectivity index (χ3v) is 4.64. The highest BCUT2D eigenvalue weighted by Gasteiger charge is 2.11. The topological polar surface area (TPSA) is 42.0 Å². The first-order valence-corrected chi connectivity index (χ1v) is 8.32. The second-order valence-corrected chi connectivity index (χ2v) is 6.47. The van der Waals surface area contributed by atoms with Crippen molar-refractivity contribution in [1.82, 2.24) is 4.98 Å². The van der Waals surface area contributed by atoms with E-state index in [1.807, 2.05) is 23.6 Å². The van der Waals surface area contributed by atoms with Crippen LogP contribution in [0.5, 0.6) is 0 Å². The normalized spacial score (nSPS) is 10.6. The van der Waals surface area contributed by atoms with Gasteiger partial charge in [-0.05, 0) is 55.7 Å². The van der Waals surface area contributed by atoms with Crippen LogP contribution in [0.4, 0.5) is 5.13 Å². The van der Waals surface area contributed by atoms with Gasteiger partial charge in [0.05, 0.1) is 5.69 Å². The summed E-state index contributed by atoms with van der Waals surface area (Å²) in [6.45, 7) is 6.30. The smallest absolute Gasteiger partial charge is 0.257 e. The highest BCUT2D eigenvalue weighted by molar-refractivity contribution is 7.14. The number of anilines is 1. The molecule has 116 valence electrons. The summed E-state index contributed by atoms with van der Waals surface area (Å²) in [5.74, 6) is -0.136. The summed E-state index contributed by atoms with van der Waals surface area (Å²) in [6, 6.07) is 13.5. The Morgan fingerprint density at radius 1 is 1.00 bits per heavy atom. The number of aromatic nitrogens is 1. The average molecular weight is 322 g/mol. The van der Waals surface area contributed by atoms with Crippen LogP contribution in [0.25, 0.3) is 11.3 Å². The molecule has 0 fully saturated rings. The van der Waals surface area contributed by atoms with Gasteiger partial charge < -0.3 is 0 Å². The Balaban J connectivity index is 1.84. The highest BCUT2D eigenvalue weighted by Crippen LogP contribution is 2.29. The zero-order valence-electron chi connectivity index (χ0n) is 13.4. The molecule has 0 aliphatic heterocycles. The molecule has 0 aliphatic rings. The molecule has 4 heteroatoms. The molecule has 0 spiro atoms. The number of amides is 1. The second-order valence-electron chi connectivity index (χ2n) is 5.61. The van der Waals surface area contributed by atoms with E-state index < -0.39 is 0 Å². The van der Waals surface area contributed by atoms with Gasteiger partial charge in [0.2, 0.25) is 0 Å². The van der Waals surface area contributed by atoms with Crippen molar-refractivity contribution < 1.29 is 4.79 Å². The van der Waals surface area contributed by atoms with Gasteiger partial charge in [-0.3, -0.25) is 10.1 Å². The van der Waals surface area contributed by atoms with Gasteiger partial charge in [0, 0.05) is 16.5 Å². The number of thiazole rings is 1. The summed E-state index contributed by atoms with van der Waals surface area (Å²) < 4.78 is 0. The van der Waals surface area contributed by atoms with Crippen molar-refractivity contribution >= 4 is 22.4 Å². The molecule has 0 radical (unpaired) electrons.